The largest absolute Gasteiger partial charge is 0.197 e. The van der Waals surface area contributed by atoms with E-state index in [1.54, 1.807) is 6.08 Å². The van der Waals surface area contributed by atoms with Crippen molar-refractivity contribution >= 4 is 0 Å². The molecule has 0 aromatic heterocycles. The monoisotopic (exact) mass is 151 g/mol. The summed E-state index contributed by atoms with van der Waals surface area (Å²) < 4.78 is 0. The van der Waals surface area contributed by atoms with Gasteiger partial charge in [0.15, 0.2) is 0 Å². The van der Waals surface area contributed by atoms with Crippen molar-refractivity contribution in [2.24, 2.45) is 5.41 Å². The SMILES string of the molecule is C=C[C@](C)(C#N)CCCCC. The van der Waals surface area contributed by atoms with Crippen LogP contribution in [0.2, 0.25) is 0 Å². The summed E-state index contributed by atoms with van der Waals surface area (Å²) in [5.41, 5.74) is -0.296. The lowest BCUT2D eigenvalue weighted by molar-refractivity contribution is 0.478. The molecule has 0 bridgehead atoms. The van der Waals surface area contributed by atoms with Gasteiger partial charge in [0.1, 0.15) is 0 Å². The lowest BCUT2D eigenvalue weighted by Gasteiger charge is -2.15. The maximum Gasteiger partial charge on any atom is 0.0728 e. The minimum atomic E-state index is -0.296. The molecule has 1 heteroatoms. The van der Waals surface area contributed by atoms with Crippen LogP contribution in [0.1, 0.15) is 39.5 Å². The molecular formula is C10H17N. The minimum Gasteiger partial charge on any atom is -0.197 e. The second kappa shape index (κ2) is 4.96. The van der Waals surface area contributed by atoms with Crippen molar-refractivity contribution in [3.63, 3.8) is 0 Å². The van der Waals surface area contributed by atoms with Crippen molar-refractivity contribution in [2.75, 3.05) is 0 Å². The summed E-state index contributed by atoms with van der Waals surface area (Å²) in [7, 11) is 0. The molecule has 62 valence electrons. The van der Waals surface area contributed by atoms with E-state index >= 15 is 0 Å². The molecule has 0 spiro atoms. The predicted octanol–water partition coefficient (Wildman–Crippen LogP) is 3.28. The molecule has 0 fully saturated rings. The molecule has 0 radical (unpaired) electrons. The van der Waals surface area contributed by atoms with Crippen molar-refractivity contribution in [3.8, 4) is 6.07 Å². The molecule has 0 aliphatic carbocycles. The molecule has 0 aliphatic rings. The Morgan fingerprint density at radius 3 is 2.55 bits per heavy atom. The zero-order chi connectivity index (χ0) is 8.74. The maximum atomic E-state index is 8.76. The van der Waals surface area contributed by atoms with E-state index in [2.05, 4.69) is 19.6 Å². The average molecular weight is 151 g/mol. The molecule has 0 heterocycles. The van der Waals surface area contributed by atoms with Gasteiger partial charge in [-0.05, 0) is 13.3 Å². The smallest absolute Gasteiger partial charge is 0.0728 e. The molecule has 0 aromatic rings. The Morgan fingerprint density at radius 2 is 2.18 bits per heavy atom. The van der Waals surface area contributed by atoms with Crippen LogP contribution in [-0.4, -0.2) is 0 Å². The number of unbranched alkanes of at least 4 members (excludes halogenated alkanes) is 2. The first kappa shape index (κ1) is 10.2. The lowest BCUT2D eigenvalue weighted by Crippen LogP contribution is -2.08. The standard InChI is InChI=1S/C10H17N/c1-4-6-7-8-10(3,5-2)9-11/h5H,2,4,6-8H2,1,3H3/t10-/m0/s1. The first-order chi connectivity index (χ1) is 5.18. The van der Waals surface area contributed by atoms with Crippen LogP contribution in [0.5, 0.6) is 0 Å². The highest BCUT2D eigenvalue weighted by Crippen LogP contribution is 2.24. The van der Waals surface area contributed by atoms with Gasteiger partial charge in [0.2, 0.25) is 0 Å². The van der Waals surface area contributed by atoms with Crippen molar-refractivity contribution in [3.05, 3.63) is 12.7 Å². The molecule has 0 aliphatic heterocycles. The normalized spacial score (nSPS) is 15.0. The van der Waals surface area contributed by atoms with E-state index in [1.807, 2.05) is 6.92 Å². The topological polar surface area (TPSA) is 23.8 Å². The molecule has 0 amide bonds. The number of hydrogen-bond donors (Lipinski definition) is 0. The van der Waals surface area contributed by atoms with Gasteiger partial charge in [-0.3, -0.25) is 0 Å². The van der Waals surface area contributed by atoms with E-state index in [9.17, 15) is 0 Å². The van der Waals surface area contributed by atoms with E-state index in [1.165, 1.54) is 12.8 Å². The van der Waals surface area contributed by atoms with Gasteiger partial charge >= 0.3 is 0 Å². The summed E-state index contributed by atoms with van der Waals surface area (Å²) in [5, 5.41) is 8.76. The molecule has 1 nitrogen and oxygen atoms in total. The fourth-order valence-corrected chi connectivity index (χ4v) is 0.946. The van der Waals surface area contributed by atoms with Crippen LogP contribution in [-0.2, 0) is 0 Å². The Labute approximate surface area is 69.7 Å². The molecular weight excluding hydrogens is 134 g/mol. The third-order valence-electron chi connectivity index (χ3n) is 2.01. The Hall–Kier alpha value is -0.770. The van der Waals surface area contributed by atoms with Crippen LogP contribution in [0.15, 0.2) is 12.7 Å². The average Bonchev–Trinajstić information content (AvgIpc) is 2.05. The second-order valence-corrected chi connectivity index (χ2v) is 3.19. The molecule has 11 heavy (non-hydrogen) atoms. The van der Waals surface area contributed by atoms with Crippen LogP contribution < -0.4 is 0 Å². The molecule has 1 atom stereocenters. The van der Waals surface area contributed by atoms with Crippen molar-refractivity contribution in [1.29, 1.82) is 5.26 Å². The van der Waals surface area contributed by atoms with E-state index < -0.39 is 0 Å². The van der Waals surface area contributed by atoms with Crippen LogP contribution >= 0.6 is 0 Å². The Kier molecular flexibility index (Phi) is 4.61. The van der Waals surface area contributed by atoms with Crippen molar-refractivity contribution in [2.45, 2.75) is 39.5 Å². The summed E-state index contributed by atoms with van der Waals surface area (Å²) in [4.78, 5) is 0. The quantitative estimate of drug-likeness (QED) is 0.437. The summed E-state index contributed by atoms with van der Waals surface area (Å²) in [6.45, 7) is 7.76. The van der Waals surface area contributed by atoms with Crippen molar-refractivity contribution in [1.82, 2.24) is 0 Å². The first-order valence-electron chi connectivity index (χ1n) is 4.23. The summed E-state index contributed by atoms with van der Waals surface area (Å²) in [5.74, 6) is 0. The van der Waals surface area contributed by atoms with E-state index in [0.717, 1.165) is 12.8 Å². The van der Waals surface area contributed by atoms with Crippen molar-refractivity contribution < 1.29 is 0 Å². The van der Waals surface area contributed by atoms with Gasteiger partial charge in [0.05, 0.1) is 11.5 Å². The number of rotatable bonds is 5. The van der Waals surface area contributed by atoms with Gasteiger partial charge in [-0.25, -0.2) is 0 Å². The summed E-state index contributed by atoms with van der Waals surface area (Å²) in [6, 6.07) is 2.27. The van der Waals surface area contributed by atoms with Gasteiger partial charge < -0.3 is 0 Å². The number of hydrogen-bond acceptors (Lipinski definition) is 1. The van der Waals surface area contributed by atoms with E-state index in [0.29, 0.717) is 0 Å². The van der Waals surface area contributed by atoms with E-state index in [-0.39, 0.29) is 5.41 Å². The lowest BCUT2D eigenvalue weighted by atomic mass is 9.87. The Balaban J connectivity index is 3.72. The van der Waals surface area contributed by atoms with Crippen LogP contribution in [0, 0.1) is 16.7 Å². The fraction of sp³-hybridized carbons (Fsp3) is 0.700. The molecule has 0 rings (SSSR count). The third kappa shape index (κ3) is 3.83. The molecule has 0 saturated carbocycles. The Morgan fingerprint density at radius 1 is 1.55 bits per heavy atom. The van der Waals surface area contributed by atoms with Gasteiger partial charge in [0, 0.05) is 0 Å². The van der Waals surface area contributed by atoms with E-state index in [4.69, 9.17) is 5.26 Å². The maximum absolute atomic E-state index is 8.76. The van der Waals surface area contributed by atoms with Crippen LogP contribution in [0.3, 0.4) is 0 Å². The predicted molar refractivity (Wildman–Crippen MR) is 48.1 cm³/mol. The number of allylic oxidation sites excluding steroid dienone is 1. The molecule has 0 saturated heterocycles. The van der Waals surface area contributed by atoms with Gasteiger partial charge in [-0.15, -0.1) is 6.58 Å². The highest BCUT2D eigenvalue weighted by Gasteiger charge is 2.17. The molecule has 0 aromatic carbocycles. The highest BCUT2D eigenvalue weighted by atomic mass is 14.3. The summed E-state index contributed by atoms with van der Waals surface area (Å²) >= 11 is 0. The minimum absolute atomic E-state index is 0.296. The summed E-state index contributed by atoms with van der Waals surface area (Å²) in [6.07, 6.45) is 6.25. The van der Waals surface area contributed by atoms with Gasteiger partial charge in [0.25, 0.3) is 0 Å². The molecule has 0 N–H and O–H groups in total. The zero-order valence-electron chi connectivity index (χ0n) is 7.56. The third-order valence-corrected chi connectivity index (χ3v) is 2.01. The number of nitrogens with zero attached hydrogens (tertiary/aromatic N) is 1. The van der Waals surface area contributed by atoms with Gasteiger partial charge in [-0.1, -0.05) is 32.3 Å². The first-order valence-corrected chi connectivity index (χ1v) is 4.23. The fourth-order valence-electron chi connectivity index (χ4n) is 0.946. The molecule has 0 unspecified atom stereocenters. The van der Waals surface area contributed by atoms with Crippen LogP contribution in [0.4, 0.5) is 0 Å². The number of nitriles is 1. The van der Waals surface area contributed by atoms with Gasteiger partial charge in [-0.2, -0.15) is 5.26 Å². The van der Waals surface area contributed by atoms with Crippen LogP contribution in [0.25, 0.3) is 0 Å². The second-order valence-electron chi connectivity index (χ2n) is 3.19. The highest BCUT2D eigenvalue weighted by molar-refractivity contribution is 5.06. The Bertz CT molecular complexity index is 155. The zero-order valence-corrected chi connectivity index (χ0v) is 7.56.